The largest absolute Gasteiger partial charge is 0.493 e. The topological polar surface area (TPSA) is 124 Å². The monoisotopic (exact) mass is 586 g/mol. The third-order valence-corrected chi connectivity index (χ3v) is 8.67. The summed E-state index contributed by atoms with van der Waals surface area (Å²) in [6, 6.07) is 4.54. The minimum atomic E-state index is -0.855. The number of ketones is 3. The van der Waals surface area contributed by atoms with E-state index >= 15 is 0 Å². The Morgan fingerprint density at radius 1 is 1.02 bits per heavy atom. The lowest BCUT2D eigenvalue weighted by Gasteiger charge is -2.26. The smallest absolute Gasteiger partial charge is 0.223 e. The average Bonchev–Trinajstić information content (AvgIpc) is 3.71. The van der Waals surface area contributed by atoms with Crippen molar-refractivity contribution in [1.82, 2.24) is 10.2 Å². The number of epoxide rings is 1. The fourth-order valence-electron chi connectivity index (χ4n) is 6.12. The lowest BCUT2D eigenvalue weighted by Crippen LogP contribution is -2.46. The van der Waals surface area contributed by atoms with Crippen molar-refractivity contribution in [2.75, 3.05) is 53.7 Å². The van der Waals surface area contributed by atoms with E-state index < -0.39 is 24.0 Å². The molecule has 0 spiro atoms. The number of hydrogen-bond donors (Lipinski definition) is 1. The molecule has 2 saturated heterocycles. The molecule has 10 nitrogen and oxygen atoms in total. The molecule has 1 saturated carbocycles. The number of ether oxygens (including phenoxy) is 4. The van der Waals surface area contributed by atoms with E-state index in [4.69, 9.17) is 18.9 Å². The fourth-order valence-corrected chi connectivity index (χ4v) is 6.12. The number of carbonyl (C=O) groups is 4. The Balaban J connectivity index is 1.45. The van der Waals surface area contributed by atoms with Crippen LogP contribution in [0, 0.1) is 17.8 Å². The Kier molecular flexibility index (Phi) is 11.9. The Morgan fingerprint density at radius 2 is 1.71 bits per heavy atom. The molecule has 0 aromatic heterocycles. The molecule has 42 heavy (non-hydrogen) atoms. The minimum absolute atomic E-state index is 0.00600. The van der Waals surface area contributed by atoms with Crippen molar-refractivity contribution in [1.29, 1.82) is 0 Å². The molecule has 232 valence electrons. The Bertz CT molecular complexity index is 1090. The molecule has 2 heterocycles. The van der Waals surface area contributed by atoms with Gasteiger partial charge in [0.25, 0.3) is 0 Å². The zero-order valence-electron chi connectivity index (χ0n) is 25.2. The van der Waals surface area contributed by atoms with Crippen LogP contribution in [-0.2, 0) is 35.1 Å². The van der Waals surface area contributed by atoms with Crippen LogP contribution in [0.3, 0.4) is 0 Å². The second-order valence-electron chi connectivity index (χ2n) is 12.0. The number of benzene rings is 1. The van der Waals surface area contributed by atoms with E-state index in [-0.39, 0.29) is 49.1 Å². The van der Waals surface area contributed by atoms with E-state index in [1.54, 1.807) is 33.3 Å². The van der Waals surface area contributed by atoms with Crippen molar-refractivity contribution in [3.63, 3.8) is 0 Å². The Morgan fingerprint density at radius 3 is 2.36 bits per heavy atom. The first-order chi connectivity index (χ1) is 20.3. The molecule has 3 fully saturated rings. The first kappa shape index (κ1) is 32.1. The van der Waals surface area contributed by atoms with Gasteiger partial charge >= 0.3 is 0 Å². The van der Waals surface area contributed by atoms with Gasteiger partial charge in [0, 0.05) is 37.8 Å². The summed E-state index contributed by atoms with van der Waals surface area (Å²) in [5, 5.41) is 2.93. The summed E-state index contributed by atoms with van der Waals surface area (Å²) in [5.41, 5.74) is 0.784. The number of nitrogens with one attached hydrogen (secondary N) is 1. The zero-order valence-corrected chi connectivity index (χ0v) is 25.2. The number of carbonyl (C=O) groups excluding carboxylic acids is 4. The van der Waals surface area contributed by atoms with Gasteiger partial charge in [-0.25, -0.2) is 0 Å². The predicted octanol–water partition coefficient (Wildman–Crippen LogP) is 2.78. The third kappa shape index (κ3) is 9.34. The van der Waals surface area contributed by atoms with Gasteiger partial charge < -0.3 is 24.3 Å². The normalized spacial score (nSPS) is 21.3. The minimum Gasteiger partial charge on any atom is -0.493 e. The molecule has 1 aromatic carbocycles. The lowest BCUT2D eigenvalue weighted by atomic mass is 9.83. The Labute approximate surface area is 248 Å². The highest BCUT2D eigenvalue weighted by Crippen LogP contribution is 2.34. The molecular formula is C32H46N2O8. The standard InChI is InChI=1S/C32H46N2O8/c1-21(14-25(35)19-34-10-12-41-13-11-34)32(38)33-26(16-23-8-9-28(39-2)29(17-23)40-3)27(36)18-24(31(37)30-20-42-30)15-22-6-4-5-7-22/h8-9,17,21-22,24,26,30H,4-7,10-16,18-20H2,1-3H3,(H,33,38)/t21-,24-,26+,30?/m1/s1. The quantitative estimate of drug-likeness (QED) is 0.275. The number of Topliss-reactive ketones (excluding diaryl/α,β-unsaturated/α-hetero) is 3. The number of nitrogens with zero attached hydrogens (tertiary/aromatic N) is 1. The summed E-state index contributed by atoms with van der Waals surface area (Å²) in [7, 11) is 3.09. The van der Waals surface area contributed by atoms with Crippen molar-refractivity contribution < 1.29 is 38.1 Å². The molecule has 1 amide bonds. The van der Waals surface area contributed by atoms with Crippen molar-refractivity contribution >= 4 is 23.3 Å². The van der Waals surface area contributed by atoms with Crippen molar-refractivity contribution in [2.24, 2.45) is 17.8 Å². The molecule has 1 N–H and O–H groups in total. The van der Waals surface area contributed by atoms with Crippen LogP contribution in [0.4, 0.5) is 0 Å². The first-order valence-corrected chi connectivity index (χ1v) is 15.3. The molecule has 3 aliphatic rings. The molecule has 1 aliphatic carbocycles. The number of hydrogen-bond acceptors (Lipinski definition) is 9. The van der Waals surface area contributed by atoms with E-state index in [2.05, 4.69) is 5.32 Å². The summed E-state index contributed by atoms with van der Waals surface area (Å²) < 4.78 is 21.4. The summed E-state index contributed by atoms with van der Waals surface area (Å²) in [4.78, 5) is 55.1. The first-order valence-electron chi connectivity index (χ1n) is 15.3. The van der Waals surface area contributed by atoms with Crippen molar-refractivity contribution in [3.05, 3.63) is 23.8 Å². The van der Waals surface area contributed by atoms with Gasteiger partial charge in [-0.05, 0) is 36.5 Å². The maximum atomic E-state index is 13.9. The van der Waals surface area contributed by atoms with Crippen molar-refractivity contribution in [2.45, 2.75) is 70.4 Å². The molecule has 0 radical (unpaired) electrons. The molecule has 1 aromatic rings. The number of morpholine rings is 1. The van der Waals surface area contributed by atoms with Gasteiger partial charge in [-0.1, -0.05) is 38.7 Å². The summed E-state index contributed by atoms with van der Waals surface area (Å²) in [6.07, 6.45) is 5.08. The lowest BCUT2D eigenvalue weighted by molar-refractivity contribution is -0.134. The molecule has 2 aliphatic heterocycles. The van der Waals surface area contributed by atoms with E-state index in [9.17, 15) is 19.2 Å². The highest BCUT2D eigenvalue weighted by atomic mass is 16.6. The van der Waals surface area contributed by atoms with Crippen LogP contribution in [-0.4, -0.2) is 94.0 Å². The summed E-state index contributed by atoms with van der Waals surface area (Å²) >= 11 is 0. The van der Waals surface area contributed by atoms with E-state index in [1.165, 1.54) is 0 Å². The van der Waals surface area contributed by atoms with Crippen LogP contribution in [0.25, 0.3) is 0 Å². The van der Waals surface area contributed by atoms with E-state index in [0.29, 0.717) is 56.7 Å². The molecule has 10 heteroatoms. The van der Waals surface area contributed by atoms with Crippen LogP contribution in [0.15, 0.2) is 18.2 Å². The van der Waals surface area contributed by atoms with Gasteiger partial charge in [-0.2, -0.15) is 0 Å². The van der Waals surface area contributed by atoms with Crippen LogP contribution in [0.5, 0.6) is 11.5 Å². The Hall–Kier alpha value is -2.82. The molecule has 0 bridgehead atoms. The van der Waals surface area contributed by atoms with Crippen LogP contribution in [0.1, 0.15) is 57.4 Å². The second kappa shape index (κ2) is 15.6. The number of amides is 1. The summed E-state index contributed by atoms with van der Waals surface area (Å²) in [5.74, 6) is -0.0813. The van der Waals surface area contributed by atoms with Crippen LogP contribution < -0.4 is 14.8 Å². The highest BCUT2D eigenvalue weighted by Gasteiger charge is 2.39. The highest BCUT2D eigenvalue weighted by molar-refractivity contribution is 5.96. The zero-order chi connectivity index (χ0) is 30.1. The van der Waals surface area contributed by atoms with Crippen molar-refractivity contribution in [3.8, 4) is 11.5 Å². The number of methoxy groups -OCH3 is 2. The molecule has 4 atom stereocenters. The number of rotatable bonds is 17. The van der Waals surface area contributed by atoms with Gasteiger partial charge in [0.1, 0.15) is 11.9 Å². The second-order valence-corrected chi connectivity index (χ2v) is 12.0. The van der Waals surface area contributed by atoms with Gasteiger partial charge in [0.05, 0.1) is 46.6 Å². The summed E-state index contributed by atoms with van der Waals surface area (Å²) in [6.45, 7) is 4.99. The maximum absolute atomic E-state index is 13.9. The molecule has 1 unspecified atom stereocenters. The van der Waals surface area contributed by atoms with Gasteiger partial charge in [0.15, 0.2) is 23.1 Å². The SMILES string of the molecule is COc1ccc(C[C@H](NC(=O)[C@H](C)CC(=O)CN2CCOCC2)C(=O)C[C@@H](CC2CCCC2)C(=O)C2CO2)cc1OC. The van der Waals surface area contributed by atoms with Gasteiger partial charge in [-0.15, -0.1) is 0 Å². The predicted molar refractivity (Wildman–Crippen MR) is 156 cm³/mol. The van der Waals surface area contributed by atoms with Gasteiger partial charge in [-0.3, -0.25) is 24.1 Å². The van der Waals surface area contributed by atoms with Gasteiger partial charge in [0.2, 0.25) is 5.91 Å². The molecular weight excluding hydrogens is 540 g/mol. The van der Waals surface area contributed by atoms with E-state index in [0.717, 1.165) is 31.2 Å². The van der Waals surface area contributed by atoms with Crippen LogP contribution in [0.2, 0.25) is 0 Å². The average molecular weight is 587 g/mol. The third-order valence-electron chi connectivity index (χ3n) is 8.67. The molecule has 4 rings (SSSR count). The van der Waals surface area contributed by atoms with E-state index in [1.807, 2.05) is 11.0 Å². The van der Waals surface area contributed by atoms with Crippen LogP contribution >= 0.6 is 0 Å². The fraction of sp³-hybridized carbons (Fsp3) is 0.688. The maximum Gasteiger partial charge on any atom is 0.223 e.